The van der Waals surface area contributed by atoms with Gasteiger partial charge in [0.05, 0.1) is 36.2 Å². The quantitative estimate of drug-likeness (QED) is 0.297. The zero-order chi connectivity index (χ0) is 29.6. The van der Waals surface area contributed by atoms with E-state index in [1.165, 1.54) is 7.11 Å². The van der Waals surface area contributed by atoms with Gasteiger partial charge in [-0.1, -0.05) is 36.4 Å². The van der Waals surface area contributed by atoms with Crippen molar-refractivity contribution in [2.45, 2.75) is 0 Å². The number of carbonyl (C=O) groups is 3. The van der Waals surface area contributed by atoms with Crippen molar-refractivity contribution < 1.29 is 23.5 Å². The molecular weight excluding hydrogens is 537 g/mol. The molecular formula is C32H34FN5O4. The lowest BCUT2D eigenvalue weighted by molar-refractivity contribution is -0.120. The van der Waals surface area contributed by atoms with Crippen molar-refractivity contribution in [3.8, 4) is 0 Å². The van der Waals surface area contributed by atoms with Crippen LogP contribution in [0.4, 0.5) is 21.5 Å². The third-order valence-electron chi connectivity index (χ3n) is 7.62. The maximum Gasteiger partial charge on any atom is 0.337 e. The lowest BCUT2D eigenvalue weighted by Crippen LogP contribution is -2.50. The molecule has 0 spiro atoms. The number of likely N-dealkylation sites (N-methyl/N-ethyl adjacent to an activating group) is 1. The number of piperazine rings is 1. The number of methoxy groups -OCH3 is 1. The third kappa shape index (κ3) is 6.35. The minimum atomic E-state index is -0.481. The fourth-order valence-electron chi connectivity index (χ4n) is 5.19. The van der Waals surface area contributed by atoms with E-state index in [0.29, 0.717) is 41.2 Å². The molecule has 5 rings (SSSR count). The molecule has 3 aromatic rings. The number of amides is 2. The summed E-state index contributed by atoms with van der Waals surface area (Å²) in [5, 5.41) is 6.29. The van der Waals surface area contributed by atoms with Crippen molar-refractivity contribution >= 4 is 46.1 Å². The van der Waals surface area contributed by atoms with E-state index in [-0.39, 0.29) is 18.5 Å². The molecule has 0 bridgehead atoms. The normalized spacial score (nSPS) is 16.4. The van der Waals surface area contributed by atoms with E-state index < -0.39 is 5.97 Å². The molecule has 10 heteroatoms. The highest BCUT2D eigenvalue weighted by Crippen LogP contribution is 2.38. The van der Waals surface area contributed by atoms with Gasteiger partial charge in [0, 0.05) is 56.7 Å². The van der Waals surface area contributed by atoms with Crippen molar-refractivity contribution in [1.29, 1.82) is 0 Å². The zero-order valence-electron chi connectivity index (χ0n) is 23.7. The molecule has 0 unspecified atom stereocenters. The van der Waals surface area contributed by atoms with Crippen molar-refractivity contribution in [1.82, 2.24) is 9.80 Å². The molecule has 0 atom stereocenters. The Balaban J connectivity index is 1.35. The third-order valence-corrected chi connectivity index (χ3v) is 7.62. The first-order valence-electron chi connectivity index (χ1n) is 13.9. The first-order valence-corrected chi connectivity index (χ1v) is 13.9. The van der Waals surface area contributed by atoms with E-state index in [0.717, 1.165) is 43.1 Å². The molecule has 0 saturated carbocycles. The molecule has 2 amide bonds. The number of hydrogen-bond acceptors (Lipinski definition) is 7. The van der Waals surface area contributed by atoms with Gasteiger partial charge in [-0.25, -0.2) is 9.18 Å². The van der Waals surface area contributed by atoms with E-state index in [1.807, 2.05) is 54.6 Å². The summed E-state index contributed by atoms with van der Waals surface area (Å²) in [6.07, 6.45) is 0. The Labute approximate surface area is 244 Å². The highest BCUT2D eigenvalue weighted by molar-refractivity contribution is 6.37. The topological polar surface area (TPSA) is 94.2 Å². The maximum absolute atomic E-state index is 13.2. The molecule has 2 aliphatic rings. The Kier molecular flexibility index (Phi) is 8.94. The standard InChI is InChI=1S/C32H34FN5O4/c1-36(28(39)21-38-18-16-37(15-14-33)17-19-38)25-11-9-24(10-12-25)34-30(22-6-4-3-5-7-22)29-26-13-8-23(32(41)42-2)20-27(26)35-31(29)40/h3-13,20,34H,14-19,21H2,1-2H3,(H,35,40)/b30-29-. The van der Waals surface area contributed by atoms with Crippen LogP contribution in [-0.4, -0.2) is 87.7 Å². The molecule has 2 aliphatic heterocycles. The molecule has 0 aliphatic carbocycles. The fourth-order valence-corrected chi connectivity index (χ4v) is 5.19. The second kappa shape index (κ2) is 13.0. The van der Waals surface area contributed by atoms with Crippen LogP contribution in [0.1, 0.15) is 21.5 Å². The number of hydrogen-bond donors (Lipinski definition) is 2. The number of carbonyl (C=O) groups excluding carboxylic acids is 3. The fraction of sp³-hybridized carbons (Fsp3) is 0.281. The van der Waals surface area contributed by atoms with Crippen LogP contribution >= 0.6 is 0 Å². The summed E-state index contributed by atoms with van der Waals surface area (Å²) in [5.74, 6) is -0.788. The van der Waals surface area contributed by atoms with Gasteiger partial charge < -0.3 is 20.3 Å². The first kappa shape index (κ1) is 29.0. The second-order valence-electron chi connectivity index (χ2n) is 10.3. The molecule has 218 valence electrons. The van der Waals surface area contributed by atoms with Gasteiger partial charge in [-0.3, -0.25) is 19.4 Å². The molecule has 9 nitrogen and oxygen atoms in total. The molecule has 42 heavy (non-hydrogen) atoms. The van der Waals surface area contributed by atoms with Gasteiger partial charge in [-0.15, -0.1) is 0 Å². The second-order valence-corrected chi connectivity index (χ2v) is 10.3. The Bertz CT molecular complexity index is 1480. The molecule has 3 aromatic carbocycles. The van der Waals surface area contributed by atoms with Crippen LogP contribution in [0.15, 0.2) is 72.8 Å². The lowest BCUT2D eigenvalue weighted by Gasteiger charge is -2.34. The van der Waals surface area contributed by atoms with Crippen molar-refractivity contribution in [3.05, 3.63) is 89.5 Å². The minimum Gasteiger partial charge on any atom is -0.465 e. The summed E-state index contributed by atoms with van der Waals surface area (Å²) in [6, 6.07) is 22.0. The average molecular weight is 572 g/mol. The number of benzene rings is 3. The van der Waals surface area contributed by atoms with Crippen molar-refractivity contribution in [2.75, 3.05) is 75.6 Å². The highest BCUT2D eigenvalue weighted by Gasteiger charge is 2.29. The van der Waals surface area contributed by atoms with Gasteiger partial charge in [0.15, 0.2) is 0 Å². The predicted octanol–water partition coefficient (Wildman–Crippen LogP) is 3.96. The predicted molar refractivity (Wildman–Crippen MR) is 162 cm³/mol. The summed E-state index contributed by atoms with van der Waals surface area (Å²) < 4.78 is 17.4. The van der Waals surface area contributed by atoms with Crippen LogP contribution in [0.25, 0.3) is 11.3 Å². The van der Waals surface area contributed by atoms with E-state index in [1.54, 1.807) is 30.1 Å². The Morgan fingerprint density at radius 1 is 0.952 bits per heavy atom. The van der Waals surface area contributed by atoms with Gasteiger partial charge in [-0.05, 0) is 42.0 Å². The van der Waals surface area contributed by atoms with Gasteiger partial charge in [0.1, 0.15) is 6.67 Å². The van der Waals surface area contributed by atoms with Crippen LogP contribution in [0.2, 0.25) is 0 Å². The molecule has 2 N–H and O–H groups in total. The van der Waals surface area contributed by atoms with E-state index in [4.69, 9.17) is 4.74 Å². The molecule has 1 fully saturated rings. The molecule has 2 heterocycles. The number of rotatable bonds is 9. The van der Waals surface area contributed by atoms with E-state index >= 15 is 0 Å². The maximum atomic E-state index is 13.2. The number of fused-ring (bicyclic) bond motifs is 1. The van der Waals surface area contributed by atoms with Crippen LogP contribution in [-0.2, 0) is 14.3 Å². The Hall–Kier alpha value is -4.54. The number of anilines is 3. The highest BCUT2D eigenvalue weighted by atomic mass is 19.1. The number of ether oxygens (including phenoxy) is 1. The lowest BCUT2D eigenvalue weighted by atomic mass is 9.99. The average Bonchev–Trinajstić information content (AvgIpc) is 3.35. The number of esters is 1. The number of nitrogens with one attached hydrogen (secondary N) is 2. The molecule has 1 saturated heterocycles. The number of alkyl halides is 1. The van der Waals surface area contributed by atoms with Crippen molar-refractivity contribution in [3.63, 3.8) is 0 Å². The van der Waals surface area contributed by atoms with Crippen molar-refractivity contribution in [2.24, 2.45) is 0 Å². The number of nitrogens with zero attached hydrogens (tertiary/aromatic N) is 3. The summed E-state index contributed by atoms with van der Waals surface area (Å²) >= 11 is 0. The monoisotopic (exact) mass is 571 g/mol. The number of halogens is 1. The largest absolute Gasteiger partial charge is 0.465 e. The molecule has 0 radical (unpaired) electrons. The van der Waals surface area contributed by atoms with Gasteiger partial charge >= 0.3 is 5.97 Å². The zero-order valence-corrected chi connectivity index (χ0v) is 23.7. The van der Waals surface area contributed by atoms with Gasteiger partial charge in [0.2, 0.25) is 5.91 Å². The summed E-state index contributed by atoms with van der Waals surface area (Å²) in [4.78, 5) is 44.0. The Morgan fingerprint density at radius 3 is 2.31 bits per heavy atom. The van der Waals surface area contributed by atoms with E-state index in [2.05, 4.69) is 20.4 Å². The first-order chi connectivity index (χ1) is 20.4. The summed E-state index contributed by atoms with van der Waals surface area (Å²) in [5.41, 5.74) is 4.92. The van der Waals surface area contributed by atoms with E-state index in [9.17, 15) is 18.8 Å². The van der Waals surface area contributed by atoms with Crippen LogP contribution < -0.4 is 15.5 Å². The minimum absolute atomic E-state index is 0.0210. The molecule has 0 aromatic heterocycles. The summed E-state index contributed by atoms with van der Waals surface area (Å²) in [7, 11) is 3.07. The van der Waals surface area contributed by atoms with Gasteiger partial charge in [-0.2, -0.15) is 0 Å². The SMILES string of the molecule is COC(=O)c1ccc2c(c1)NC(=O)/C2=C(\Nc1ccc(N(C)C(=O)CN2CCN(CCF)CC2)cc1)c1ccccc1. The summed E-state index contributed by atoms with van der Waals surface area (Å²) in [6.45, 7) is 3.38. The van der Waals surface area contributed by atoms with Gasteiger partial charge in [0.25, 0.3) is 5.91 Å². The van der Waals surface area contributed by atoms with Crippen LogP contribution in [0.5, 0.6) is 0 Å². The van der Waals surface area contributed by atoms with Crippen LogP contribution in [0.3, 0.4) is 0 Å². The van der Waals surface area contributed by atoms with Crippen LogP contribution in [0, 0.1) is 0 Å². The smallest absolute Gasteiger partial charge is 0.337 e. The Morgan fingerprint density at radius 2 is 1.64 bits per heavy atom.